The van der Waals surface area contributed by atoms with Crippen molar-refractivity contribution in [2.75, 3.05) is 5.75 Å². The minimum Gasteiger partial charge on any atom is -0.229 e. The van der Waals surface area contributed by atoms with Crippen LogP contribution in [0.2, 0.25) is 0 Å². The van der Waals surface area contributed by atoms with Crippen molar-refractivity contribution >= 4 is 10.0 Å². The Morgan fingerprint density at radius 1 is 1.31 bits per heavy atom. The SMILES string of the molecule is C[C@@H](CS(N)(=O)=O)c1ccccc1. The average Bonchev–Trinajstić information content (AvgIpc) is 2.03. The number of primary sulfonamides is 1. The largest absolute Gasteiger partial charge is 0.229 e. The summed E-state index contributed by atoms with van der Waals surface area (Å²) in [5, 5.41) is 4.95. The van der Waals surface area contributed by atoms with Gasteiger partial charge in [-0.25, -0.2) is 13.6 Å². The first-order valence-electron chi connectivity index (χ1n) is 4.04. The first kappa shape index (κ1) is 10.2. The molecule has 1 aromatic carbocycles. The van der Waals surface area contributed by atoms with Gasteiger partial charge in [0.1, 0.15) is 0 Å². The highest BCUT2D eigenvalue weighted by Crippen LogP contribution is 2.15. The normalized spacial score (nSPS) is 14.0. The maximum absolute atomic E-state index is 10.8. The van der Waals surface area contributed by atoms with Crippen LogP contribution < -0.4 is 5.14 Å². The molecule has 0 amide bonds. The topological polar surface area (TPSA) is 60.2 Å². The molecule has 0 fully saturated rings. The van der Waals surface area contributed by atoms with Crippen molar-refractivity contribution in [3.05, 3.63) is 35.9 Å². The minimum absolute atomic E-state index is 0.00296. The Kier molecular flexibility index (Phi) is 3.06. The molecule has 0 aliphatic heterocycles. The summed E-state index contributed by atoms with van der Waals surface area (Å²) in [6.07, 6.45) is 0. The van der Waals surface area contributed by atoms with Gasteiger partial charge in [0.15, 0.2) is 0 Å². The average molecular weight is 199 g/mol. The summed E-state index contributed by atoms with van der Waals surface area (Å²) in [4.78, 5) is 0. The standard InChI is InChI=1S/C9H13NO2S/c1-8(7-13(10,11)12)9-5-3-2-4-6-9/h2-6,8H,7H2,1H3,(H2,10,11,12)/t8-/m0/s1. The number of nitrogens with two attached hydrogens (primary N) is 1. The molecule has 0 aromatic heterocycles. The number of hydrogen-bond donors (Lipinski definition) is 1. The van der Waals surface area contributed by atoms with E-state index in [4.69, 9.17) is 5.14 Å². The van der Waals surface area contributed by atoms with Crippen LogP contribution in [0.1, 0.15) is 18.4 Å². The maximum Gasteiger partial charge on any atom is 0.209 e. The van der Waals surface area contributed by atoms with E-state index in [1.54, 1.807) is 0 Å². The first-order valence-corrected chi connectivity index (χ1v) is 5.76. The molecular weight excluding hydrogens is 186 g/mol. The van der Waals surface area contributed by atoms with E-state index in [9.17, 15) is 8.42 Å². The molecule has 0 aliphatic rings. The number of benzene rings is 1. The predicted octanol–water partition coefficient (Wildman–Crippen LogP) is 1.08. The molecule has 0 saturated heterocycles. The zero-order valence-electron chi connectivity index (χ0n) is 7.47. The molecule has 2 N–H and O–H groups in total. The first-order chi connectivity index (χ1) is 5.99. The van der Waals surface area contributed by atoms with E-state index >= 15 is 0 Å². The van der Waals surface area contributed by atoms with E-state index in [2.05, 4.69) is 0 Å². The second-order valence-electron chi connectivity index (χ2n) is 3.14. The van der Waals surface area contributed by atoms with Gasteiger partial charge in [0, 0.05) is 0 Å². The van der Waals surface area contributed by atoms with E-state index in [0.717, 1.165) is 5.56 Å². The van der Waals surface area contributed by atoms with E-state index in [1.165, 1.54) is 0 Å². The van der Waals surface area contributed by atoms with Crippen LogP contribution in [0.15, 0.2) is 30.3 Å². The Labute approximate surface area is 78.6 Å². The van der Waals surface area contributed by atoms with Gasteiger partial charge in [0.2, 0.25) is 10.0 Å². The molecule has 1 aromatic rings. The summed E-state index contributed by atoms with van der Waals surface area (Å²) in [5.41, 5.74) is 0.997. The van der Waals surface area contributed by atoms with Crippen molar-refractivity contribution in [2.45, 2.75) is 12.8 Å². The monoisotopic (exact) mass is 199 g/mol. The van der Waals surface area contributed by atoms with Crippen LogP contribution in [0.3, 0.4) is 0 Å². The Bertz CT molecular complexity index is 358. The van der Waals surface area contributed by atoms with Gasteiger partial charge in [-0.3, -0.25) is 0 Å². The van der Waals surface area contributed by atoms with Crippen LogP contribution in [0.25, 0.3) is 0 Å². The second kappa shape index (κ2) is 3.89. The van der Waals surface area contributed by atoms with Gasteiger partial charge in [-0.1, -0.05) is 37.3 Å². The minimum atomic E-state index is -3.37. The van der Waals surface area contributed by atoms with Crippen molar-refractivity contribution in [1.82, 2.24) is 0 Å². The summed E-state index contributed by atoms with van der Waals surface area (Å²) >= 11 is 0. The van der Waals surface area contributed by atoms with Crippen molar-refractivity contribution < 1.29 is 8.42 Å². The summed E-state index contributed by atoms with van der Waals surface area (Å²) < 4.78 is 21.6. The summed E-state index contributed by atoms with van der Waals surface area (Å²) in [6, 6.07) is 9.46. The summed E-state index contributed by atoms with van der Waals surface area (Å²) in [6.45, 7) is 1.85. The molecule has 0 saturated carbocycles. The smallest absolute Gasteiger partial charge is 0.209 e. The summed E-state index contributed by atoms with van der Waals surface area (Å²) in [7, 11) is -3.37. The lowest BCUT2D eigenvalue weighted by atomic mass is 10.0. The predicted molar refractivity (Wildman–Crippen MR) is 52.8 cm³/mol. The van der Waals surface area contributed by atoms with E-state index in [0.29, 0.717) is 0 Å². The highest BCUT2D eigenvalue weighted by molar-refractivity contribution is 7.89. The maximum atomic E-state index is 10.8. The van der Waals surface area contributed by atoms with Crippen LogP contribution in [0, 0.1) is 0 Å². The lowest BCUT2D eigenvalue weighted by Gasteiger charge is -2.09. The zero-order valence-corrected chi connectivity index (χ0v) is 8.29. The molecule has 0 radical (unpaired) electrons. The van der Waals surface area contributed by atoms with E-state index < -0.39 is 10.0 Å². The fourth-order valence-corrected chi connectivity index (χ4v) is 2.12. The Balaban J connectivity index is 2.76. The third kappa shape index (κ3) is 3.57. The molecule has 0 heterocycles. The van der Waals surface area contributed by atoms with Gasteiger partial charge in [0.05, 0.1) is 5.75 Å². The molecule has 0 spiro atoms. The number of rotatable bonds is 3. The fraction of sp³-hybridized carbons (Fsp3) is 0.333. The molecule has 13 heavy (non-hydrogen) atoms. The lowest BCUT2D eigenvalue weighted by Crippen LogP contribution is -2.20. The van der Waals surface area contributed by atoms with Crippen LogP contribution in [0.5, 0.6) is 0 Å². The third-order valence-electron chi connectivity index (χ3n) is 1.85. The van der Waals surface area contributed by atoms with Crippen LogP contribution >= 0.6 is 0 Å². The molecule has 1 atom stereocenters. The van der Waals surface area contributed by atoms with Gasteiger partial charge in [-0.15, -0.1) is 0 Å². The fourth-order valence-electron chi connectivity index (χ4n) is 1.23. The third-order valence-corrected chi connectivity index (χ3v) is 2.82. The molecule has 1 rings (SSSR count). The Morgan fingerprint density at radius 2 is 1.85 bits per heavy atom. The molecule has 0 bridgehead atoms. The van der Waals surface area contributed by atoms with Crippen molar-refractivity contribution in [3.8, 4) is 0 Å². The van der Waals surface area contributed by atoms with Crippen molar-refractivity contribution in [2.24, 2.45) is 5.14 Å². The van der Waals surface area contributed by atoms with Gasteiger partial charge in [0.25, 0.3) is 0 Å². The zero-order chi connectivity index (χ0) is 9.90. The summed E-state index contributed by atoms with van der Waals surface area (Å²) in [5.74, 6) is -0.0481. The van der Waals surface area contributed by atoms with Crippen LogP contribution in [0.4, 0.5) is 0 Å². The Hall–Kier alpha value is -0.870. The quantitative estimate of drug-likeness (QED) is 0.791. The molecule has 3 nitrogen and oxygen atoms in total. The molecule has 0 unspecified atom stereocenters. The van der Waals surface area contributed by atoms with Crippen LogP contribution in [-0.2, 0) is 10.0 Å². The highest BCUT2D eigenvalue weighted by atomic mass is 32.2. The van der Waals surface area contributed by atoms with Gasteiger partial charge in [-0.05, 0) is 11.5 Å². The number of sulfonamides is 1. The van der Waals surface area contributed by atoms with Gasteiger partial charge >= 0.3 is 0 Å². The Morgan fingerprint density at radius 3 is 2.31 bits per heavy atom. The van der Waals surface area contributed by atoms with Gasteiger partial charge < -0.3 is 0 Å². The highest BCUT2D eigenvalue weighted by Gasteiger charge is 2.11. The molecule has 72 valence electrons. The second-order valence-corrected chi connectivity index (χ2v) is 4.80. The molecule has 0 aliphatic carbocycles. The van der Waals surface area contributed by atoms with Gasteiger partial charge in [-0.2, -0.15) is 0 Å². The van der Waals surface area contributed by atoms with E-state index in [-0.39, 0.29) is 11.7 Å². The number of hydrogen-bond acceptors (Lipinski definition) is 2. The molecular formula is C9H13NO2S. The van der Waals surface area contributed by atoms with Crippen molar-refractivity contribution in [3.63, 3.8) is 0 Å². The lowest BCUT2D eigenvalue weighted by molar-refractivity contribution is 0.592. The van der Waals surface area contributed by atoms with E-state index in [1.807, 2.05) is 37.3 Å². The molecule has 4 heteroatoms. The van der Waals surface area contributed by atoms with Crippen LogP contribution in [-0.4, -0.2) is 14.2 Å². The van der Waals surface area contributed by atoms with Crippen molar-refractivity contribution in [1.29, 1.82) is 0 Å².